The quantitative estimate of drug-likeness (QED) is 0.260. The van der Waals surface area contributed by atoms with Crippen LogP contribution in [0.2, 0.25) is 0 Å². The third-order valence-corrected chi connectivity index (χ3v) is 6.31. The van der Waals surface area contributed by atoms with Crippen molar-refractivity contribution in [2.45, 2.75) is 65.3 Å². The minimum atomic E-state index is -4.45. The van der Waals surface area contributed by atoms with E-state index in [1.54, 1.807) is 34.6 Å². The molecule has 1 aliphatic heterocycles. The second kappa shape index (κ2) is 12.4. The van der Waals surface area contributed by atoms with Gasteiger partial charge in [0, 0.05) is 49.5 Å². The van der Waals surface area contributed by atoms with Crippen LogP contribution in [0.3, 0.4) is 0 Å². The summed E-state index contributed by atoms with van der Waals surface area (Å²) in [5.41, 5.74) is 9.64. The number of benzene rings is 2. The predicted octanol–water partition coefficient (Wildman–Crippen LogP) is 7.68. The second-order valence-corrected chi connectivity index (χ2v) is 10.5. The Balaban J connectivity index is 0.00000441. The Hall–Kier alpha value is -2.69. The van der Waals surface area contributed by atoms with Crippen LogP contribution in [0.4, 0.5) is 24.7 Å². The number of nitrogens with zero attached hydrogens (tertiary/aromatic N) is 2. The minimum Gasteiger partial charge on any atom is -0.596 e. The van der Waals surface area contributed by atoms with E-state index in [0.29, 0.717) is 29.0 Å². The molecule has 211 valence electrons. The number of carboxylic acid groups (broad SMARTS) is 1. The van der Waals surface area contributed by atoms with Crippen LogP contribution in [0.1, 0.15) is 61.2 Å². The SMILES string of the molecule is Cc1nc(N[N-]c2ccc(C(F)(F)F)cc2)c(C)c(C(OC(C)(C)C)C(=O)O)c1-c1ccc2c(c1)CCCO2.[Y]. The number of aliphatic carboxylic acids is 1. The van der Waals surface area contributed by atoms with Gasteiger partial charge in [-0.25, -0.2) is 9.78 Å². The molecule has 0 amide bonds. The van der Waals surface area contributed by atoms with Gasteiger partial charge in [-0.1, -0.05) is 30.3 Å². The zero-order chi connectivity index (χ0) is 28.5. The smallest absolute Gasteiger partial charge is 0.416 e. The number of alkyl halides is 3. The molecule has 1 unspecified atom stereocenters. The van der Waals surface area contributed by atoms with Crippen molar-refractivity contribution >= 4 is 17.5 Å². The maximum absolute atomic E-state index is 12.9. The molecule has 0 saturated carbocycles. The molecule has 0 aliphatic carbocycles. The average Bonchev–Trinajstić information content (AvgIpc) is 2.86. The van der Waals surface area contributed by atoms with Gasteiger partial charge in [0.2, 0.25) is 0 Å². The maximum atomic E-state index is 12.9. The molecule has 0 fully saturated rings. The number of nitrogens with one attached hydrogen (secondary N) is 1. The number of carbonyl (C=O) groups is 1. The predicted molar refractivity (Wildman–Crippen MR) is 142 cm³/mol. The number of halogens is 3. The van der Waals surface area contributed by atoms with Gasteiger partial charge in [0.05, 0.1) is 17.8 Å². The first-order chi connectivity index (χ1) is 18.2. The number of ether oxygens (including phenoxy) is 2. The summed E-state index contributed by atoms with van der Waals surface area (Å²) in [6.45, 7) is 9.48. The fourth-order valence-corrected chi connectivity index (χ4v) is 4.56. The van der Waals surface area contributed by atoms with Crippen molar-refractivity contribution in [1.29, 1.82) is 0 Å². The van der Waals surface area contributed by atoms with Crippen molar-refractivity contribution in [3.63, 3.8) is 0 Å². The van der Waals surface area contributed by atoms with Crippen molar-refractivity contribution in [3.05, 3.63) is 75.8 Å². The molecule has 2 aromatic carbocycles. The molecule has 11 heteroatoms. The van der Waals surface area contributed by atoms with Crippen molar-refractivity contribution in [2.24, 2.45) is 0 Å². The summed E-state index contributed by atoms with van der Waals surface area (Å²) in [5.74, 6) is -0.0776. The Morgan fingerprint density at radius 1 is 1.12 bits per heavy atom. The summed E-state index contributed by atoms with van der Waals surface area (Å²) in [6, 6.07) is 10.1. The van der Waals surface area contributed by atoms with Gasteiger partial charge in [-0.2, -0.15) is 13.2 Å². The van der Waals surface area contributed by atoms with Crippen LogP contribution in [0.5, 0.6) is 5.75 Å². The first kappa shape index (κ1) is 31.8. The third kappa shape index (κ3) is 7.33. The van der Waals surface area contributed by atoms with Crippen LogP contribution in [0.15, 0.2) is 42.5 Å². The molecule has 1 aromatic heterocycles. The number of fused-ring (bicyclic) bond motifs is 1. The molecule has 40 heavy (non-hydrogen) atoms. The number of anilines is 1. The van der Waals surface area contributed by atoms with Crippen LogP contribution >= 0.6 is 0 Å². The Bertz CT molecular complexity index is 1370. The van der Waals surface area contributed by atoms with Gasteiger partial charge >= 0.3 is 12.1 Å². The average molecular weight is 631 g/mol. The molecule has 1 aliphatic rings. The number of aryl methyl sites for hydroxylation is 2. The van der Waals surface area contributed by atoms with Crippen molar-refractivity contribution in [1.82, 2.24) is 4.98 Å². The zero-order valence-corrected chi connectivity index (χ0v) is 25.9. The summed E-state index contributed by atoms with van der Waals surface area (Å²) in [6.07, 6.45) is -4.04. The van der Waals surface area contributed by atoms with Crippen molar-refractivity contribution in [2.75, 3.05) is 12.0 Å². The Morgan fingerprint density at radius 2 is 1.80 bits per heavy atom. The zero-order valence-electron chi connectivity index (χ0n) is 23.0. The molecular formula is C29H31F3N3O4Y-. The Morgan fingerprint density at radius 3 is 2.40 bits per heavy atom. The minimum absolute atomic E-state index is 0. The summed E-state index contributed by atoms with van der Waals surface area (Å²) < 4.78 is 50.5. The molecule has 0 saturated heterocycles. The van der Waals surface area contributed by atoms with E-state index in [1.165, 1.54) is 12.1 Å². The van der Waals surface area contributed by atoms with Gasteiger partial charge in [-0.15, -0.1) is 5.69 Å². The van der Waals surface area contributed by atoms with Crippen LogP contribution in [0, 0.1) is 13.8 Å². The first-order valence-electron chi connectivity index (χ1n) is 12.6. The first-order valence-corrected chi connectivity index (χ1v) is 12.6. The molecule has 2 N–H and O–H groups in total. The van der Waals surface area contributed by atoms with E-state index in [1.807, 2.05) is 18.2 Å². The molecule has 1 radical (unpaired) electrons. The van der Waals surface area contributed by atoms with Gasteiger partial charge in [-0.05, 0) is 76.3 Å². The van der Waals surface area contributed by atoms with Gasteiger partial charge in [0.1, 0.15) is 11.6 Å². The van der Waals surface area contributed by atoms with E-state index in [-0.39, 0.29) is 44.2 Å². The van der Waals surface area contributed by atoms with E-state index < -0.39 is 29.4 Å². The van der Waals surface area contributed by atoms with Crippen LogP contribution in [-0.2, 0) is 54.8 Å². The van der Waals surface area contributed by atoms with Crippen LogP contribution in [-0.4, -0.2) is 28.3 Å². The fourth-order valence-electron chi connectivity index (χ4n) is 4.56. The van der Waals surface area contributed by atoms with Crippen molar-refractivity contribution < 1.29 is 65.3 Å². The van der Waals surface area contributed by atoms with E-state index in [2.05, 4.69) is 15.8 Å². The summed E-state index contributed by atoms with van der Waals surface area (Å²) in [7, 11) is 0. The molecule has 4 rings (SSSR count). The molecule has 3 aromatic rings. The topological polar surface area (TPSA) is 94.8 Å². The van der Waals surface area contributed by atoms with Gasteiger partial charge in [-0.3, -0.25) is 0 Å². The van der Waals surface area contributed by atoms with Crippen molar-refractivity contribution in [3.8, 4) is 16.9 Å². The van der Waals surface area contributed by atoms with Crippen LogP contribution in [0.25, 0.3) is 16.6 Å². The van der Waals surface area contributed by atoms with Gasteiger partial charge < -0.3 is 25.4 Å². The number of rotatable bonds is 7. The van der Waals surface area contributed by atoms with E-state index >= 15 is 0 Å². The number of pyridine rings is 1. The van der Waals surface area contributed by atoms with Gasteiger partial charge in [0.15, 0.2) is 6.10 Å². The third-order valence-electron chi connectivity index (χ3n) is 6.31. The molecule has 0 spiro atoms. The number of hydrogen-bond acceptors (Lipinski definition) is 5. The maximum Gasteiger partial charge on any atom is 0.416 e. The molecule has 7 nitrogen and oxygen atoms in total. The molecular weight excluding hydrogens is 600 g/mol. The number of aromatic nitrogens is 1. The van der Waals surface area contributed by atoms with Gasteiger partial charge in [0.25, 0.3) is 0 Å². The van der Waals surface area contributed by atoms with Crippen LogP contribution < -0.4 is 10.2 Å². The van der Waals surface area contributed by atoms with E-state index in [4.69, 9.17) is 9.47 Å². The summed E-state index contributed by atoms with van der Waals surface area (Å²) >= 11 is 0. The van der Waals surface area contributed by atoms with E-state index in [0.717, 1.165) is 41.9 Å². The number of hydrogen-bond donors (Lipinski definition) is 2. The normalized spacial score (nSPS) is 13.9. The fraction of sp³-hybridized carbons (Fsp3) is 0.379. The number of carboxylic acids is 1. The second-order valence-electron chi connectivity index (χ2n) is 10.5. The molecule has 0 bridgehead atoms. The summed E-state index contributed by atoms with van der Waals surface area (Å²) in [5, 5.41) is 10.3. The monoisotopic (exact) mass is 631 g/mol. The Kier molecular flexibility index (Phi) is 9.91. The standard InChI is InChI=1S/C29H31F3N3O4.Y/c1-16-23(25(27(36)37)39-28(3,4)5)24(19-8-13-22-18(15-19)7-6-14-38-22)17(2)33-26(16)35-34-21-11-9-20(10-12-21)29(30,31)32;/h8-13,15,25H,6-7,14H2,1-5H3,(H,33,35)(H,36,37);/q-1;. The molecule has 1 atom stereocenters. The molecule has 2 heterocycles. The van der Waals surface area contributed by atoms with E-state index in [9.17, 15) is 23.1 Å². The largest absolute Gasteiger partial charge is 0.596 e. The summed E-state index contributed by atoms with van der Waals surface area (Å²) in [4.78, 5) is 17.2. The Labute approximate surface area is 256 Å².